The number of nitro groups is 1. The van der Waals surface area contributed by atoms with Crippen molar-refractivity contribution in [3.05, 3.63) is 62.8 Å². The third kappa shape index (κ3) is 5.32. The summed E-state index contributed by atoms with van der Waals surface area (Å²) in [4.78, 5) is 36.3. The van der Waals surface area contributed by atoms with E-state index in [9.17, 15) is 19.7 Å². The van der Waals surface area contributed by atoms with Crippen LogP contribution in [0.3, 0.4) is 0 Å². The Balaban J connectivity index is 1.42. The number of benzene rings is 1. The van der Waals surface area contributed by atoms with Crippen LogP contribution >= 0.6 is 34.4 Å². The van der Waals surface area contributed by atoms with Crippen LogP contribution < -0.4 is 5.32 Å². The van der Waals surface area contributed by atoms with E-state index in [1.807, 2.05) is 22.9 Å². The van der Waals surface area contributed by atoms with E-state index in [0.29, 0.717) is 21.7 Å². The molecule has 34 heavy (non-hydrogen) atoms. The van der Waals surface area contributed by atoms with Crippen molar-refractivity contribution in [1.82, 2.24) is 10.2 Å². The fourth-order valence-electron chi connectivity index (χ4n) is 2.87. The summed E-state index contributed by atoms with van der Waals surface area (Å²) >= 11 is 3.77. The number of thioether (sulfide) groups is 1. The summed E-state index contributed by atoms with van der Waals surface area (Å²) in [5.41, 5.74) is 1.51. The van der Waals surface area contributed by atoms with Crippen LogP contribution in [0.2, 0.25) is 0 Å². The molecular formula is C21H16N4O6S3. The molecule has 0 saturated carbocycles. The zero-order valence-electron chi connectivity index (χ0n) is 17.5. The first-order chi connectivity index (χ1) is 16.5. The lowest BCUT2D eigenvalue weighted by Crippen LogP contribution is -2.16. The number of carbonyl (C=O) groups excluding carboxylic acids is 2. The lowest BCUT2D eigenvalue weighted by molar-refractivity contribution is -0.384. The van der Waals surface area contributed by atoms with E-state index >= 15 is 0 Å². The number of hydrogen-bond donors (Lipinski definition) is 1. The Morgan fingerprint density at radius 3 is 2.68 bits per heavy atom. The number of ether oxygens (including phenoxy) is 1. The molecule has 0 radical (unpaired) electrons. The van der Waals surface area contributed by atoms with Gasteiger partial charge in [-0.1, -0.05) is 17.8 Å². The summed E-state index contributed by atoms with van der Waals surface area (Å²) in [6.07, 6.45) is 0. The van der Waals surface area contributed by atoms with Gasteiger partial charge < -0.3 is 14.5 Å². The predicted molar refractivity (Wildman–Crippen MR) is 129 cm³/mol. The Bertz CT molecular complexity index is 1310. The number of carbonyl (C=O) groups is 2. The first-order valence-corrected chi connectivity index (χ1v) is 12.5. The van der Waals surface area contributed by atoms with E-state index in [1.165, 1.54) is 46.9 Å². The van der Waals surface area contributed by atoms with Gasteiger partial charge in [-0.2, -0.15) is 0 Å². The molecule has 1 amide bonds. The molecule has 0 fully saturated rings. The van der Waals surface area contributed by atoms with Gasteiger partial charge in [0.05, 0.1) is 17.3 Å². The third-order valence-electron chi connectivity index (χ3n) is 4.37. The van der Waals surface area contributed by atoms with Gasteiger partial charge in [0.15, 0.2) is 0 Å². The second-order valence-electron chi connectivity index (χ2n) is 6.57. The van der Waals surface area contributed by atoms with Crippen LogP contribution in [0.25, 0.3) is 21.9 Å². The van der Waals surface area contributed by atoms with E-state index < -0.39 is 10.9 Å². The molecule has 0 spiro atoms. The molecule has 0 atom stereocenters. The number of rotatable bonds is 9. The Morgan fingerprint density at radius 2 is 2.00 bits per heavy atom. The van der Waals surface area contributed by atoms with E-state index in [1.54, 1.807) is 6.92 Å². The highest BCUT2D eigenvalue weighted by molar-refractivity contribution is 7.99. The number of anilines is 1. The van der Waals surface area contributed by atoms with Gasteiger partial charge in [0.1, 0.15) is 10.6 Å². The molecule has 10 nitrogen and oxygen atoms in total. The molecule has 1 aromatic carbocycles. The van der Waals surface area contributed by atoms with Crippen LogP contribution in [-0.2, 0) is 9.53 Å². The number of nitrogens with one attached hydrogen (secondary N) is 1. The summed E-state index contributed by atoms with van der Waals surface area (Å²) in [5, 5.41) is 25.7. The van der Waals surface area contributed by atoms with Crippen molar-refractivity contribution < 1.29 is 23.7 Å². The van der Waals surface area contributed by atoms with Gasteiger partial charge in [0, 0.05) is 33.5 Å². The normalized spacial score (nSPS) is 10.7. The number of thiophene rings is 2. The van der Waals surface area contributed by atoms with Crippen LogP contribution in [-0.4, -0.2) is 39.4 Å². The Hall–Kier alpha value is -3.55. The fraction of sp³-hybridized carbons (Fsp3) is 0.143. The van der Waals surface area contributed by atoms with E-state index in [4.69, 9.17) is 9.15 Å². The average Bonchev–Trinajstić information content (AvgIpc) is 3.58. The number of hydrogen-bond acceptors (Lipinski definition) is 11. The number of non-ortho nitro benzene ring substituents is 1. The quantitative estimate of drug-likeness (QED) is 0.135. The highest BCUT2D eigenvalue weighted by atomic mass is 32.2. The van der Waals surface area contributed by atoms with E-state index in [0.717, 1.165) is 16.6 Å². The van der Waals surface area contributed by atoms with E-state index in [-0.39, 0.29) is 35.1 Å². The second kappa shape index (κ2) is 10.6. The molecule has 0 aliphatic heterocycles. The molecule has 0 aliphatic rings. The summed E-state index contributed by atoms with van der Waals surface area (Å²) in [6.45, 7) is 1.94. The van der Waals surface area contributed by atoms with Gasteiger partial charge in [-0.25, -0.2) is 4.79 Å². The van der Waals surface area contributed by atoms with Crippen molar-refractivity contribution in [1.29, 1.82) is 0 Å². The van der Waals surface area contributed by atoms with Crippen LogP contribution in [0.4, 0.5) is 10.7 Å². The number of nitrogens with zero attached hydrogens (tertiary/aromatic N) is 3. The SMILES string of the molecule is CCOC(=O)c1c(-c2cccs2)csc1NC(=O)CSc1nnc(-c2ccc([N+](=O)[O-])cc2)o1. The van der Waals surface area contributed by atoms with Crippen LogP contribution in [0.5, 0.6) is 0 Å². The molecule has 4 aromatic rings. The Kier molecular flexibility index (Phi) is 7.35. The standard InChI is InChI=1S/C21H16N4O6S3/c1-2-30-20(27)17-14(15-4-3-9-32-15)10-33-19(17)22-16(26)11-34-21-24-23-18(31-21)12-5-7-13(8-6-12)25(28)29/h3-10H,2,11H2,1H3,(H,22,26). The van der Waals surface area contributed by atoms with Gasteiger partial charge in [0.25, 0.3) is 10.9 Å². The fourth-order valence-corrected chi connectivity index (χ4v) is 5.22. The second-order valence-corrected chi connectivity index (χ2v) is 9.32. The van der Waals surface area contributed by atoms with Gasteiger partial charge in [-0.15, -0.1) is 32.9 Å². The molecule has 13 heteroatoms. The summed E-state index contributed by atoms with van der Waals surface area (Å²) in [6, 6.07) is 9.47. The Morgan fingerprint density at radius 1 is 1.21 bits per heavy atom. The van der Waals surface area contributed by atoms with Crippen molar-refractivity contribution in [3.63, 3.8) is 0 Å². The van der Waals surface area contributed by atoms with Gasteiger partial charge in [0.2, 0.25) is 11.8 Å². The number of amides is 1. The maximum absolute atomic E-state index is 12.6. The highest BCUT2D eigenvalue weighted by Crippen LogP contribution is 2.38. The zero-order valence-corrected chi connectivity index (χ0v) is 20.0. The highest BCUT2D eigenvalue weighted by Gasteiger charge is 2.23. The lowest BCUT2D eigenvalue weighted by atomic mass is 10.1. The molecule has 3 aromatic heterocycles. The van der Waals surface area contributed by atoms with Crippen molar-refractivity contribution in [3.8, 4) is 21.9 Å². The molecule has 0 bridgehead atoms. The van der Waals surface area contributed by atoms with Crippen molar-refractivity contribution in [2.45, 2.75) is 12.1 Å². The van der Waals surface area contributed by atoms with Crippen molar-refractivity contribution in [2.24, 2.45) is 0 Å². The minimum Gasteiger partial charge on any atom is -0.462 e. The van der Waals surface area contributed by atoms with Crippen molar-refractivity contribution in [2.75, 3.05) is 17.7 Å². The Labute approximate surface area is 205 Å². The third-order valence-corrected chi connectivity index (χ3v) is 6.99. The monoisotopic (exact) mass is 516 g/mol. The van der Waals surface area contributed by atoms with Crippen molar-refractivity contribution >= 4 is 57.0 Å². The summed E-state index contributed by atoms with van der Waals surface area (Å²) in [5.74, 6) is -0.706. The van der Waals surface area contributed by atoms with Gasteiger partial charge in [-0.3, -0.25) is 14.9 Å². The van der Waals surface area contributed by atoms with Crippen LogP contribution in [0, 0.1) is 10.1 Å². The zero-order chi connectivity index (χ0) is 24.1. The van der Waals surface area contributed by atoms with Gasteiger partial charge >= 0.3 is 5.97 Å². The first kappa shape index (κ1) is 23.6. The number of aromatic nitrogens is 2. The topological polar surface area (TPSA) is 137 Å². The van der Waals surface area contributed by atoms with Crippen LogP contribution in [0.1, 0.15) is 17.3 Å². The minimum atomic E-state index is -0.500. The predicted octanol–water partition coefficient (Wildman–Crippen LogP) is 5.34. The molecule has 1 N–H and O–H groups in total. The molecule has 174 valence electrons. The van der Waals surface area contributed by atoms with Crippen LogP contribution in [0.15, 0.2) is 56.8 Å². The molecular weight excluding hydrogens is 500 g/mol. The molecule has 0 unspecified atom stereocenters. The number of nitro benzene ring substituents is 1. The molecule has 3 heterocycles. The lowest BCUT2D eigenvalue weighted by Gasteiger charge is -2.07. The summed E-state index contributed by atoms with van der Waals surface area (Å²) in [7, 11) is 0. The summed E-state index contributed by atoms with van der Waals surface area (Å²) < 4.78 is 10.7. The minimum absolute atomic E-state index is 0.0314. The largest absolute Gasteiger partial charge is 0.462 e. The molecule has 0 aliphatic carbocycles. The number of esters is 1. The smallest absolute Gasteiger partial charge is 0.341 e. The van der Waals surface area contributed by atoms with E-state index in [2.05, 4.69) is 15.5 Å². The first-order valence-electron chi connectivity index (χ1n) is 9.79. The van der Waals surface area contributed by atoms with Gasteiger partial charge in [-0.05, 0) is 30.5 Å². The maximum atomic E-state index is 12.6. The molecule has 0 saturated heterocycles. The maximum Gasteiger partial charge on any atom is 0.341 e. The average molecular weight is 517 g/mol. The molecule has 4 rings (SSSR count).